The van der Waals surface area contributed by atoms with Gasteiger partial charge in [0.05, 0.1) is 22.9 Å². The van der Waals surface area contributed by atoms with E-state index in [9.17, 15) is 9.59 Å². The molecule has 5 aliphatic rings. The molecule has 4 bridgehead atoms. The number of para-hydroxylation sites is 1. The summed E-state index contributed by atoms with van der Waals surface area (Å²) in [5, 5.41) is 3.97. The van der Waals surface area contributed by atoms with Crippen molar-refractivity contribution in [3.05, 3.63) is 24.3 Å². The molecule has 4 saturated carbocycles. The summed E-state index contributed by atoms with van der Waals surface area (Å²) in [6, 6.07) is 8.02. The first kappa shape index (κ1) is 22.5. The number of hydrogen-bond donors (Lipinski definition) is 1. The molecule has 1 aliphatic heterocycles. The Bertz CT molecular complexity index is 992. The van der Waals surface area contributed by atoms with Gasteiger partial charge in [0.25, 0.3) is 0 Å². The SMILES string of the molecule is O=C(CCCNC(=O)C12CC3CC(CC(C3)C1)C2)N(CC1CCCO1)c1nc2ccccc2s1. The molecule has 6 nitrogen and oxygen atoms in total. The number of fused-ring (bicyclic) bond motifs is 1. The van der Waals surface area contributed by atoms with Gasteiger partial charge in [0, 0.05) is 25.0 Å². The number of nitrogens with zero attached hydrogens (tertiary/aromatic N) is 2. The molecule has 7 heteroatoms. The zero-order chi connectivity index (χ0) is 23.1. The highest BCUT2D eigenvalue weighted by Crippen LogP contribution is 2.60. The molecule has 0 radical (unpaired) electrons. The molecule has 1 N–H and O–H groups in total. The number of hydrogen-bond acceptors (Lipinski definition) is 5. The molecule has 1 unspecified atom stereocenters. The summed E-state index contributed by atoms with van der Waals surface area (Å²) in [6.07, 6.45) is 10.4. The van der Waals surface area contributed by atoms with E-state index in [0.29, 0.717) is 25.9 Å². The minimum Gasteiger partial charge on any atom is -0.376 e. The summed E-state index contributed by atoms with van der Waals surface area (Å²) in [6.45, 7) is 1.89. The van der Waals surface area contributed by atoms with Gasteiger partial charge in [-0.05, 0) is 87.7 Å². The molecule has 2 aromatic rings. The maximum absolute atomic E-state index is 13.3. The zero-order valence-electron chi connectivity index (χ0n) is 19.8. The van der Waals surface area contributed by atoms with Gasteiger partial charge in [0.1, 0.15) is 0 Å². The molecule has 2 heterocycles. The summed E-state index contributed by atoms with van der Waals surface area (Å²) < 4.78 is 6.92. The van der Waals surface area contributed by atoms with Crippen LogP contribution in [0.5, 0.6) is 0 Å². The number of thiazole rings is 1. The van der Waals surface area contributed by atoms with Gasteiger partial charge in [-0.1, -0.05) is 23.5 Å². The van der Waals surface area contributed by atoms with Crippen molar-refractivity contribution in [1.29, 1.82) is 0 Å². The van der Waals surface area contributed by atoms with Gasteiger partial charge >= 0.3 is 0 Å². The van der Waals surface area contributed by atoms with E-state index in [4.69, 9.17) is 9.72 Å². The number of aromatic nitrogens is 1. The van der Waals surface area contributed by atoms with Gasteiger partial charge in [-0.15, -0.1) is 0 Å². The fourth-order valence-electron chi connectivity index (χ4n) is 7.41. The molecule has 1 aromatic heterocycles. The lowest BCUT2D eigenvalue weighted by molar-refractivity contribution is -0.146. The first-order chi connectivity index (χ1) is 16.6. The number of anilines is 1. The Labute approximate surface area is 205 Å². The average molecular weight is 482 g/mol. The molecule has 1 atom stereocenters. The number of nitrogens with one attached hydrogen (secondary N) is 1. The lowest BCUT2D eigenvalue weighted by Gasteiger charge is -2.55. The monoisotopic (exact) mass is 481 g/mol. The van der Waals surface area contributed by atoms with Crippen LogP contribution in [-0.2, 0) is 14.3 Å². The summed E-state index contributed by atoms with van der Waals surface area (Å²) in [4.78, 5) is 33.1. The zero-order valence-corrected chi connectivity index (χ0v) is 20.7. The summed E-state index contributed by atoms with van der Waals surface area (Å²) >= 11 is 1.56. The Hall–Kier alpha value is -1.99. The number of amides is 2. The van der Waals surface area contributed by atoms with E-state index in [1.165, 1.54) is 19.3 Å². The van der Waals surface area contributed by atoms with E-state index >= 15 is 0 Å². The Kier molecular flexibility index (Phi) is 6.10. The van der Waals surface area contributed by atoms with Gasteiger partial charge < -0.3 is 10.1 Å². The predicted octanol–water partition coefficient (Wildman–Crippen LogP) is 4.92. The van der Waals surface area contributed by atoms with Gasteiger partial charge in [-0.25, -0.2) is 4.98 Å². The molecule has 34 heavy (non-hydrogen) atoms. The van der Waals surface area contributed by atoms with E-state index in [1.54, 1.807) is 11.3 Å². The van der Waals surface area contributed by atoms with Crippen molar-refractivity contribution in [2.24, 2.45) is 23.2 Å². The van der Waals surface area contributed by atoms with E-state index in [0.717, 1.165) is 71.8 Å². The number of rotatable bonds is 8. The Morgan fingerprint density at radius 3 is 2.53 bits per heavy atom. The average Bonchev–Trinajstić information content (AvgIpc) is 3.48. The highest BCUT2D eigenvalue weighted by atomic mass is 32.1. The van der Waals surface area contributed by atoms with Crippen molar-refractivity contribution < 1.29 is 14.3 Å². The third-order valence-corrected chi connectivity index (χ3v) is 9.66. The number of ether oxygens (including phenoxy) is 1. The van der Waals surface area contributed by atoms with Crippen molar-refractivity contribution in [2.75, 3.05) is 24.6 Å². The first-order valence-corrected chi connectivity index (χ1v) is 14.0. The maximum Gasteiger partial charge on any atom is 0.228 e. The second-order valence-electron chi connectivity index (χ2n) is 11.2. The third-order valence-electron chi connectivity index (χ3n) is 8.60. The van der Waals surface area contributed by atoms with Crippen LogP contribution in [-0.4, -0.2) is 42.6 Å². The van der Waals surface area contributed by atoms with Crippen LogP contribution < -0.4 is 10.2 Å². The van der Waals surface area contributed by atoms with Crippen LogP contribution in [0, 0.1) is 23.2 Å². The molecule has 2 amide bonds. The minimum atomic E-state index is -0.119. The molecule has 182 valence electrons. The van der Waals surface area contributed by atoms with Crippen LogP contribution in [0.25, 0.3) is 10.2 Å². The van der Waals surface area contributed by atoms with E-state index < -0.39 is 0 Å². The van der Waals surface area contributed by atoms with E-state index in [2.05, 4.69) is 5.32 Å². The first-order valence-electron chi connectivity index (χ1n) is 13.1. The fraction of sp³-hybridized carbons (Fsp3) is 0.667. The number of benzene rings is 1. The van der Waals surface area contributed by atoms with E-state index in [1.807, 2.05) is 29.2 Å². The fourth-order valence-corrected chi connectivity index (χ4v) is 8.40. The third kappa shape index (κ3) is 4.37. The lowest BCUT2D eigenvalue weighted by Crippen LogP contribution is -2.53. The van der Waals surface area contributed by atoms with Crippen LogP contribution in [0.3, 0.4) is 0 Å². The molecule has 5 fully saturated rings. The van der Waals surface area contributed by atoms with Crippen molar-refractivity contribution in [1.82, 2.24) is 10.3 Å². The van der Waals surface area contributed by atoms with Crippen LogP contribution >= 0.6 is 11.3 Å². The summed E-state index contributed by atoms with van der Waals surface area (Å²) in [5.74, 6) is 2.61. The number of carbonyl (C=O) groups is 2. The van der Waals surface area contributed by atoms with Gasteiger partial charge in [-0.3, -0.25) is 14.5 Å². The largest absolute Gasteiger partial charge is 0.376 e. The molecular weight excluding hydrogens is 446 g/mol. The highest BCUT2D eigenvalue weighted by Gasteiger charge is 2.54. The van der Waals surface area contributed by atoms with Crippen molar-refractivity contribution in [2.45, 2.75) is 70.3 Å². The van der Waals surface area contributed by atoms with Crippen molar-refractivity contribution in [3.63, 3.8) is 0 Å². The second kappa shape index (κ2) is 9.23. The second-order valence-corrected chi connectivity index (χ2v) is 12.2. The van der Waals surface area contributed by atoms with E-state index in [-0.39, 0.29) is 23.3 Å². The molecular formula is C27H35N3O3S. The molecule has 0 spiro atoms. The van der Waals surface area contributed by atoms with Crippen LogP contribution in [0.15, 0.2) is 24.3 Å². The number of carbonyl (C=O) groups excluding carboxylic acids is 2. The lowest BCUT2D eigenvalue weighted by atomic mass is 9.49. The maximum atomic E-state index is 13.3. The smallest absolute Gasteiger partial charge is 0.228 e. The Balaban J connectivity index is 1.06. The van der Waals surface area contributed by atoms with Gasteiger partial charge in [-0.2, -0.15) is 0 Å². The van der Waals surface area contributed by atoms with Crippen LogP contribution in [0.2, 0.25) is 0 Å². The standard InChI is InChI=1S/C27H35N3O3S/c31-24(8-3-9-28-25(32)27-14-18-11-19(15-27)13-20(12-18)16-27)30(17-21-5-4-10-33-21)26-29-22-6-1-2-7-23(22)34-26/h1-2,6-7,18-21H,3-5,8-17H2,(H,28,32). The predicted molar refractivity (Wildman–Crippen MR) is 134 cm³/mol. The Morgan fingerprint density at radius 2 is 1.85 bits per heavy atom. The summed E-state index contributed by atoms with van der Waals surface area (Å²) in [7, 11) is 0. The van der Waals surface area contributed by atoms with Crippen LogP contribution in [0.1, 0.15) is 64.2 Å². The minimum absolute atomic E-state index is 0.0682. The van der Waals surface area contributed by atoms with Crippen LogP contribution in [0.4, 0.5) is 5.13 Å². The topological polar surface area (TPSA) is 71.5 Å². The molecule has 4 aliphatic carbocycles. The molecule has 1 aromatic carbocycles. The van der Waals surface area contributed by atoms with Gasteiger partial charge in [0.15, 0.2) is 5.13 Å². The highest BCUT2D eigenvalue weighted by molar-refractivity contribution is 7.22. The summed E-state index contributed by atoms with van der Waals surface area (Å²) in [5.41, 5.74) is 0.807. The van der Waals surface area contributed by atoms with Crippen molar-refractivity contribution in [3.8, 4) is 0 Å². The molecule has 1 saturated heterocycles. The molecule has 7 rings (SSSR count). The normalized spacial score (nSPS) is 31.8. The van der Waals surface area contributed by atoms with Gasteiger partial charge in [0.2, 0.25) is 11.8 Å². The van der Waals surface area contributed by atoms with Crippen molar-refractivity contribution >= 4 is 38.5 Å². The Morgan fingerprint density at radius 1 is 1.12 bits per heavy atom. The quantitative estimate of drug-likeness (QED) is 0.543.